The van der Waals surface area contributed by atoms with Gasteiger partial charge in [0.15, 0.2) is 0 Å². The van der Waals surface area contributed by atoms with E-state index >= 15 is 0 Å². The lowest BCUT2D eigenvalue weighted by atomic mass is 9.87. The topological polar surface area (TPSA) is 35.2 Å². The van der Waals surface area contributed by atoms with Gasteiger partial charge in [0.2, 0.25) is 0 Å². The van der Waals surface area contributed by atoms with Crippen molar-refractivity contribution >= 4 is 0 Å². The molecule has 2 N–H and O–H groups in total. The van der Waals surface area contributed by atoms with Crippen molar-refractivity contribution in [2.45, 2.75) is 45.8 Å². The first-order valence-corrected chi connectivity index (χ1v) is 7.71. The highest BCUT2D eigenvalue weighted by Gasteiger charge is 2.19. The van der Waals surface area contributed by atoms with Crippen LogP contribution in [0.5, 0.6) is 5.75 Å². The fourth-order valence-electron chi connectivity index (χ4n) is 3.10. The summed E-state index contributed by atoms with van der Waals surface area (Å²) in [6.45, 7) is 4.88. The Morgan fingerprint density at radius 3 is 2.90 bits per heavy atom. The Bertz CT molecular complexity index is 648. The molecule has 0 heterocycles. The highest BCUT2D eigenvalue weighted by molar-refractivity contribution is 5.43. The Hall–Kier alpha value is -1.80. The van der Waals surface area contributed by atoms with Crippen molar-refractivity contribution in [3.8, 4) is 5.75 Å². The Balaban J connectivity index is 1.83. The molecule has 0 fully saturated rings. The molecule has 3 rings (SSSR count). The van der Waals surface area contributed by atoms with E-state index in [1.807, 2.05) is 0 Å². The van der Waals surface area contributed by atoms with Crippen LogP contribution in [0.4, 0.5) is 0 Å². The molecular formula is C19H23NO. The molecule has 0 bridgehead atoms. The molecule has 2 heteroatoms. The van der Waals surface area contributed by atoms with E-state index in [1.54, 1.807) is 0 Å². The lowest BCUT2D eigenvalue weighted by Gasteiger charge is -2.24. The monoisotopic (exact) mass is 281 g/mol. The predicted molar refractivity (Wildman–Crippen MR) is 86.6 cm³/mol. The molecule has 1 aliphatic carbocycles. The highest BCUT2D eigenvalue weighted by atomic mass is 16.5. The van der Waals surface area contributed by atoms with Gasteiger partial charge in [-0.05, 0) is 61.4 Å². The van der Waals surface area contributed by atoms with Crippen LogP contribution in [0.25, 0.3) is 0 Å². The first-order chi connectivity index (χ1) is 10.1. The summed E-state index contributed by atoms with van der Waals surface area (Å²) in [5, 5.41) is 0. The van der Waals surface area contributed by atoms with Crippen LogP contribution in [0.3, 0.4) is 0 Å². The highest BCUT2D eigenvalue weighted by Crippen LogP contribution is 2.34. The number of ether oxygens (including phenoxy) is 1. The van der Waals surface area contributed by atoms with E-state index in [2.05, 4.69) is 50.2 Å². The number of hydrogen-bond donors (Lipinski definition) is 1. The molecular weight excluding hydrogens is 258 g/mol. The van der Waals surface area contributed by atoms with Gasteiger partial charge in [-0.3, -0.25) is 0 Å². The summed E-state index contributed by atoms with van der Waals surface area (Å²) >= 11 is 0. The van der Waals surface area contributed by atoms with Crippen molar-refractivity contribution in [2.24, 2.45) is 5.73 Å². The summed E-state index contributed by atoms with van der Waals surface area (Å²) in [6, 6.07) is 12.9. The minimum absolute atomic E-state index is 0.165. The van der Waals surface area contributed by atoms with E-state index in [0.29, 0.717) is 6.61 Å². The summed E-state index contributed by atoms with van der Waals surface area (Å²) in [4.78, 5) is 0. The third-order valence-electron chi connectivity index (χ3n) is 4.40. The molecule has 2 aromatic carbocycles. The maximum Gasteiger partial charge on any atom is 0.123 e. The molecule has 1 aliphatic rings. The molecule has 21 heavy (non-hydrogen) atoms. The molecule has 0 aromatic heterocycles. The lowest BCUT2D eigenvalue weighted by molar-refractivity contribution is 0.299. The van der Waals surface area contributed by atoms with E-state index in [4.69, 9.17) is 10.5 Å². The number of nitrogens with two attached hydrogens (primary N) is 1. The number of aryl methyl sites for hydroxylation is 2. The Kier molecular flexibility index (Phi) is 3.98. The van der Waals surface area contributed by atoms with Gasteiger partial charge in [-0.15, -0.1) is 0 Å². The molecule has 0 aliphatic heterocycles. The standard InChI is InChI=1S/C19H23NO/c1-13-9-10-14(2)15(11-13)12-21-19-8-4-5-16-17(19)6-3-7-18(16)20/h4-5,8-11,18H,3,6-7,12,20H2,1-2H3. The number of fused-ring (bicyclic) bond motifs is 1. The molecule has 0 amide bonds. The normalized spacial score (nSPS) is 17.4. The zero-order valence-electron chi connectivity index (χ0n) is 12.9. The van der Waals surface area contributed by atoms with Gasteiger partial charge in [-0.1, -0.05) is 35.9 Å². The van der Waals surface area contributed by atoms with Crippen LogP contribution in [-0.2, 0) is 13.0 Å². The van der Waals surface area contributed by atoms with E-state index in [-0.39, 0.29) is 6.04 Å². The molecule has 0 spiro atoms. The van der Waals surface area contributed by atoms with Gasteiger partial charge in [0, 0.05) is 6.04 Å². The zero-order chi connectivity index (χ0) is 14.8. The first-order valence-electron chi connectivity index (χ1n) is 7.71. The fourth-order valence-corrected chi connectivity index (χ4v) is 3.10. The molecule has 1 atom stereocenters. The van der Waals surface area contributed by atoms with Crippen LogP contribution in [0.1, 0.15) is 46.7 Å². The van der Waals surface area contributed by atoms with E-state index in [0.717, 1.165) is 25.0 Å². The molecule has 0 saturated heterocycles. The largest absolute Gasteiger partial charge is 0.489 e. The first kappa shape index (κ1) is 14.2. The van der Waals surface area contributed by atoms with Crippen molar-refractivity contribution < 1.29 is 4.74 Å². The average Bonchev–Trinajstić information content (AvgIpc) is 2.49. The molecule has 2 nitrogen and oxygen atoms in total. The van der Waals surface area contributed by atoms with Crippen LogP contribution in [0, 0.1) is 13.8 Å². The summed E-state index contributed by atoms with van der Waals surface area (Å²) < 4.78 is 6.12. The van der Waals surface area contributed by atoms with Gasteiger partial charge in [-0.2, -0.15) is 0 Å². The van der Waals surface area contributed by atoms with Crippen LogP contribution >= 0.6 is 0 Å². The number of hydrogen-bond acceptors (Lipinski definition) is 2. The fraction of sp³-hybridized carbons (Fsp3) is 0.368. The van der Waals surface area contributed by atoms with E-state index in [1.165, 1.54) is 27.8 Å². The number of benzene rings is 2. The summed E-state index contributed by atoms with van der Waals surface area (Å²) in [5.41, 5.74) is 12.6. The van der Waals surface area contributed by atoms with Gasteiger partial charge in [0.25, 0.3) is 0 Å². The molecule has 2 aromatic rings. The predicted octanol–water partition coefficient (Wildman–Crippen LogP) is 4.22. The summed E-state index contributed by atoms with van der Waals surface area (Å²) in [5.74, 6) is 1.00. The van der Waals surface area contributed by atoms with Gasteiger partial charge >= 0.3 is 0 Å². The maximum atomic E-state index is 6.21. The van der Waals surface area contributed by atoms with Gasteiger partial charge < -0.3 is 10.5 Å². The SMILES string of the molecule is Cc1ccc(C)c(COc2cccc3c2CCCC3N)c1. The summed E-state index contributed by atoms with van der Waals surface area (Å²) in [7, 11) is 0. The zero-order valence-corrected chi connectivity index (χ0v) is 12.9. The van der Waals surface area contributed by atoms with Crippen molar-refractivity contribution in [1.82, 2.24) is 0 Å². The van der Waals surface area contributed by atoms with Gasteiger partial charge in [0.05, 0.1) is 0 Å². The third-order valence-corrected chi connectivity index (χ3v) is 4.40. The summed E-state index contributed by atoms with van der Waals surface area (Å²) in [6.07, 6.45) is 3.30. The van der Waals surface area contributed by atoms with E-state index < -0.39 is 0 Å². The maximum absolute atomic E-state index is 6.21. The average molecular weight is 281 g/mol. The van der Waals surface area contributed by atoms with Crippen molar-refractivity contribution in [1.29, 1.82) is 0 Å². The Labute approximate surface area is 126 Å². The molecule has 1 unspecified atom stereocenters. The minimum atomic E-state index is 0.165. The molecule has 0 saturated carbocycles. The van der Waals surface area contributed by atoms with E-state index in [9.17, 15) is 0 Å². The second-order valence-electron chi connectivity index (χ2n) is 6.04. The van der Waals surface area contributed by atoms with Crippen molar-refractivity contribution in [3.05, 3.63) is 64.2 Å². The Morgan fingerprint density at radius 1 is 1.19 bits per heavy atom. The smallest absolute Gasteiger partial charge is 0.123 e. The minimum Gasteiger partial charge on any atom is -0.489 e. The van der Waals surface area contributed by atoms with Crippen LogP contribution in [0.15, 0.2) is 36.4 Å². The van der Waals surface area contributed by atoms with Crippen molar-refractivity contribution in [3.63, 3.8) is 0 Å². The number of rotatable bonds is 3. The van der Waals surface area contributed by atoms with Crippen LogP contribution in [-0.4, -0.2) is 0 Å². The van der Waals surface area contributed by atoms with Gasteiger partial charge in [-0.25, -0.2) is 0 Å². The molecule has 110 valence electrons. The molecule has 0 radical (unpaired) electrons. The Morgan fingerprint density at radius 2 is 2.05 bits per heavy atom. The third kappa shape index (κ3) is 2.96. The lowest BCUT2D eigenvalue weighted by Crippen LogP contribution is -2.18. The second kappa shape index (κ2) is 5.90. The van der Waals surface area contributed by atoms with Crippen LogP contribution < -0.4 is 10.5 Å². The van der Waals surface area contributed by atoms with Crippen LogP contribution in [0.2, 0.25) is 0 Å². The van der Waals surface area contributed by atoms with Gasteiger partial charge in [0.1, 0.15) is 12.4 Å². The van der Waals surface area contributed by atoms with Crippen molar-refractivity contribution in [2.75, 3.05) is 0 Å². The quantitative estimate of drug-likeness (QED) is 0.914. The second-order valence-corrected chi connectivity index (χ2v) is 6.04.